The van der Waals surface area contributed by atoms with Crippen molar-refractivity contribution >= 4 is 11.7 Å². The lowest BCUT2D eigenvalue weighted by atomic mass is 10.2. The van der Waals surface area contributed by atoms with Gasteiger partial charge in [0.2, 0.25) is 0 Å². The first-order valence-electron chi connectivity index (χ1n) is 5.69. The molecule has 1 aromatic rings. The third-order valence-electron chi connectivity index (χ3n) is 3.22. The molecule has 1 N–H and O–H groups in total. The fourth-order valence-electron chi connectivity index (χ4n) is 2.20. The summed E-state index contributed by atoms with van der Waals surface area (Å²) < 4.78 is 0. The second-order valence-corrected chi connectivity index (χ2v) is 4.53. The van der Waals surface area contributed by atoms with Crippen molar-refractivity contribution in [3.05, 3.63) is 24.0 Å². The molecule has 17 heavy (non-hydrogen) atoms. The smallest absolute Gasteiger partial charge is 0.356 e. The monoisotopic (exact) mass is 235 g/mol. The van der Waals surface area contributed by atoms with Crippen molar-refractivity contribution < 1.29 is 9.90 Å². The minimum absolute atomic E-state index is 0.145. The molecule has 0 amide bonds. The molecular weight excluding hydrogens is 218 g/mol. The van der Waals surface area contributed by atoms with Gasteiger partial charge in [0.1, 0.15) is 0 Å². The summed E-state index contributed by atoms with van der Waals surface area (Å²) in [5.41, 5.74) is 0.872. The fourth-order valence-corrected chi connectivity index (χ4v) is 2.20. The minimum Gasteiger partial charge on any atom is -0.476 e. The first-order chi connectivity index (χ1) is 8.09. The number of aromatic nitrogens is 1. The van der Waals surface area contributed by atoms with Crippen LogP contribution in [0.4, 0.5) is 5.69 Å². The topological polar surface area (TPSA) is 56.7 Å². The van der Waals surface area contributed by atoms with Crippen LogP contribution >= 0.6 is 0 Å². The van der Waals surface area contributed by atoms with Crippen LogP contribution in [0.5, 0.6) is 0 Å². The Bertz CT molecular complexity index is 420. The van der Waals surface area contributed by atoms with Gasteiger partial charge in [-0.2, -0.15) is 0 Å². The number of carbonyl (C=O) groups is 1. The van der Waals surface area contributed by atoms with Crippen LogP contribution in [0.2, 0.25) is 0 Å². The van der Waals surface area contributed by atoms with Crippen LogP contribution in [0, 0.1) is 0 Å². The summed E-state index contributed by atoms with van der Waals surface area (Å²) in [6.45, 7) is 1.74. The van der Waals surface area contributed by atoms with Crippen molar-refractivity contribution in [1.82, 2.24) is 9.88 Å². The zero-order valence-electron chi connectivity index (χ0n) is 10.1. The van der Waals surface area contributed by atoms with Crippen molar-refractivity contribution in [3.8, 4) is 0 Å². The average molecular weight is 235 g/mol. The molecule has 0 saturated carbocycles. The number of carboxylic acids is 1. The van der Waals surface area contributed by atoms with E-state index in [9.17, 15) is 4.79 Å². The summed E-state index contributed by atoms with van der Waals surface area (Å²) in [7, 11) is 4.10. The molecule has 0 radical (unpaired) electrons. The lowest BCUT2D eigenvalue weighted by Crippen LogP contribution is -2.32. The first kappa shape index (κ1) is 11.9. The van der Waals surface area contributed by atoms with E-state index in [1.807, 2.05) is 6.07 Å². The van der Waals surface area contributed by atoms with Gasteiger partial charge in [0.05, 0.1) is 5.69 Å². The predicted octanol–water partition coefficient (Wildman–Crippen LogP) is 0.920. The molecule has 1 aliphatic rings. The quantitative estimate of drug-likeness (QED) is 0.844. The maximum atomic E-state index is 11.1. The van der Waals surface area contributed by atoms with Gasteiger partial charge in [0.25, 0.3) is 0 Å². The van der Waals surface area contributed by atoms with Gasteiger partial charge in [-0.1, -0.05) is 0 Å². The molecule has 2 rings (SSSR count). The number of carboxylic acid groups (broad SMARTS) is 1. The first-order valence-corrected chi connectivity index (χ1v) is 5.69. The Labute approximate surface area is 101 Å². The zero-order chi connectivity index (χ0) is 12.4. The molecule has 1 atom stereocenters. The van der Waals surface area contributed by atoms with Gasteiger partial charge in [-0.15, -0.1) is 0 Å². The van der Waals surface area contributed by atoms with Crippen molar-refractivity contribution in [3.63, 3.8) is 0 Å². The van der Waals surface area contributed by atoms with Gasteiger partial charge in [-0.3, -0.25) is 0 Å². The summed E-state index contributed by atoms with van der Waals surface area (Å²) >= 11 is 0. The molecule has 1 saturated heterocycles. The van der Waals surface area contributed by atoms with E-state index >= 15 is 0 Å². The normalized spacial score (nSPS) is 19.9. The van der Waals surface area contributed by atoms with Crippen LogP contribution in [0.15, 0.2) is 18.3 Å². The van der Waals surface area contributed by atoms with E-state index in [0.717, 1.165) is 25.2 Å². The van der Waals surface area contributed by atoms with Crippen molar-refractivity contribution in [2.24, 2.45) is 0 Å². The van der Waals surface area contributed by atoms with Gasteiger partial charge in [0, 0.05) is 25.3 Å². The lowest BCUT2D eigenvalue weighted by molar-refractivity contribution is 0.0691. The predicted molar refractivity (Wildman–Crippen MR) is 65.5 cm³/mol. The highest BCUT2D eigenvalue weighted by atomic mass is 16.4. The van der Waals surface area contributed by atoms with E-state index in [2.05, 4.69) is 28.9 Å². The number of hydrogen-bond acceptors (Lipinski definition) is 4. The fraction of sp³-hybridized carbons (Fsp3) is 0.500. The number of nitrogens with zero attached hydrogens (tertiary/aromatic N) is 3. The second kappa shape index (κ2) is 4.71. The van der Waals surface area contributed by atoms with E-state index in [1.165, 1.54) is 6.20 Å². The Balaban J connectivity index is 2.21. The molecule has 5 nitrogen and oxygen atoms in total. The van der Waals surface area contributed by atoms with Crippen LogP contribution in [-0.4, -0.2) is 54.2 Å². The SMILES string of the molecule is CN(C)C1CCN(c2cccnc2C(=O)O)C1. The van der Waals surface area contributed by atoms with Crippen LogP contribution in [0.25, 0.3) is 0 Å². The molecule has 0 aliphatic carbocycles. The molecule has 0 bridgehead atoms. The number of rotatable bonds is 3. The number of anilines is 1. The van der Waals surface area contributed by atoms with E-state index < -0.39 is 5.97 Å². The molecule has 1 fully saturated rings. The van der Waals surface area contributed by atoms with Crippen molar-refractivity contribution in [2.45, 2.75) is 12.5 Å². The molecular formula is C12H17N3O2. The van der Waals surface area contributed by atoms with Crippen LogP contribution in [0.1, 0.15) is 16.9 Å². The summed E-state index contributed by atoms with van der Waals surface area (Å²) in [6.07, 6.45) is 2.58. The third-order valence-corrected chi connectivity index (χ3v) is 3.22. The highest BCUT2D eigenvalue weighted by molar-refractivity contribution is 5.92. The van der Waals surface area contributed by atoms with Gasteiger partial charge < -0.3 is 14.9 Å². The lowest BCUT2D eigenvalue weighted by Gasteiger charge is -2.22. The zero-order valence-corrected chi connectivity index (χ0v) is 10.1. The van der Waals surface area contributed by atoms with Crippen LogP contribution in [-0.2, 0) is 0 Å². The number of aromatic carboxylic acids is 1. The van der Waals surface area contributed by atoms with Crippen molar-refractivity contribution in [1.29, 1.82) is 0 Å². The molecule has 1 aromatic heterocycles. The second-order valence-electron chi connectivity index (χ2n) is 4.53. The maximum absolute atomic E-state index is 11.1. The summed E-state index contributed by atoms with van der Waals surface area (Å²) in [5.74, 6) is -0.964. The number of pyridine rings is 1. The van der Waals surface area contributed by atoms with E-state index in [4.69, 9.17) is 5.11 Å². The van der Waals surface area contributed by atoms with E-state index in [0.29, 0.717) is 6.04 Å². The molecule has 2 heterocycles. The molecule has 1 unspecified atom stereocenters. The Hall–Kier alpha value is -1.62. The average Bonchev–Trinajstić information content (AvgIpc) is 2.78. The molecule has 5 heteroatoms. The Morgan fingerprint density at radius 2 is 2.35 bits per heavy atom. The van der Waals surface area contributed by atoms with Gasteiger partial charge in [-0.05, 0) is 32.6 Å². The highest BCUT2D eigenvalue weighted by Gasteiger charge is 2.27. The van der Waals surface area contributed by atoms with Crippen LogP contribution in [0.3, 0.4) is 0 Å². The third kappa shape index (κ3) is 2.39. The van der Waals surface area contributed by atoms with Crippen LogP contribution < -0.4 is 4.90 Å². The molecule has 92 valence electrons. The summed E-state index contributed by atoms with van der Waals surface area (Å²) in [6, 6.07) is 4.09. The summed E-state index contributed by atoms with van der Waals surface area (Å²) in [5, 5.41) is 9.10. The molecule has 0 aromatic carbocycles. The molecule has 1 aliphatic heterocycles. The van der Waals surface area contributed by atoms with Crippen molar-refractivity contribution in [2.75, 3.05) is 32.1 Å². The maximum Gasteiger partial charge on any atom is 0.356 e. The minimum atomic E-state index is -0.964. The van der Waals surface area contributed by atoms with E-state index in [-0.39, 0.29) is 5.69 Å². The Morgan fingerprint density at radius 3 is 2.94 bits per heavy atom. The number of likely N-dealkylation sites (N-methyl/N-ethyl adjacent to an activating group) is 1. The Morgan fingerprint density at radius 1 is 1.59 bits per heavy atom. The standard InChI is InChI=1S/C12H17N3O2/c1-14(2)9-5-7-15(8-9)10-4-3-6-13-11(10)12(16)17/h3-4,6,9H,5,7-8H2,1-2H3,(H,16,17). The van der Waals surface area contributed by atoms with Gasteiger partial charge in [-0.25, -0.2) is 9.78 Å². The number of hydrogen-bond donors (Lipinski definition) is 1. The van der Waals surface area contributed by atoms with Gasteiger partial charge in [0.15, 0.2) is 5.69 Å². The Kier molecular flexibility index (Phi) is 3.28. The van der Waals surface area contributed by atoms with Gasteiger partial charge >= 0.3 is 5.97 Å². The van der Waals surface area contributed by atoms with E-state index in [1.54, 1.807) is 6.07 Å². The summed E-state index contributed by atoms with van der Waals surface area (Å²) in [4.78, 5) is 19.3. The largest absolute Gasteiger partial charge is 0.476 e. The molecule has 0 spiro atoms. The highest BCUT2D eigenvalue weighted by Crippen LogP contribution is 2.24.